The predicted octanol–water partition coefficient (Wildman–Crippen LogP) is 8.01. The van der Waals surface area contributed by atoms with E-state index in [4.69, 9.17) is 19.2 Å². The second-order valence-corrected chi connectivity index (χ2v) is 20.1. The zero-order chi connectivity index (χ0) is 29.6. The molecule has 3 heterocycles. The first kappa shape index (κ1) is 29.8. The summed E-state index contributed by atoms with van der Waals surface area (Å²) in [5, 5.41) is 7.43. The SMILES string of the molecule is CC(C)(C)[Si](C)(C)OCCc1nc(N=S(C)(C)=O)c2cc3c(cnn3C3CCCCO3)cc2c1-c1ccc(F)cc1. The molecule has 0 saturated carbocycles. The highest BCUT2D eigenvalue weighted by Gasteiger charge is 2.37. The quantitative estimate of drug-likeness (QED) is 0.202. The molecule has 0 bridgehead atoms. The summed E-state index contributed by atoms with van der Waals surface area (Å²) >= 11 is 0. The largest absolute Gasteiger partial charge is 0.416 e. The van der Waals surface area contributed by atoms with Gasteiger partial charge >= 0.3 is 0 Å². The molecule has 0 spiro atoms. The number of hydrogen-bond donors (Lipinski definition) is 0. The Kier molecular flexibility index (Phi) is 8.15. The first-order chi connectivity index (χ1) is 19.2. The zero-order valence-electron chi connectivity index (χ0n) is 25.2. The van der Waals surface area contributed by atoms with E-state index in [0.29, 0.717) is 25.5 Å². The molecule has 1 aliphatic heterocycles. The Labute approximate surface area is 243 Å². The van der Waals surface area contributed by atoms with Gasteiger partial charge in [0.1, 0.15) is 5.82 Å². The topological polar surface area (TPSA) is 78.6 Å². The van der Waals surface area contributed by atoms with Gasteiger partial charge in [-0.2, -0.15) is 9.46 Å². The van der Waals surface area contributed by atoms with Crippen molar-refractivity contribution in [3.8, 4) is 11.1 Å². The molecule has 0 amide bonds. The van der Waals surface area contributed by atoms with Crippen molar-refractivity contribution in [1.29, 1.82) is 0 Å². The van der Waals surface area contributed by atoms with Gasteiger partial charge in [-0.1, -0.05) is 32.9 Å². The van der Waals surface area contributed by atoms with Crippen molar-refractivity contribution < 1.29 is 17.8 Å². The van der Waals surface area contributed by atoms with Crippen molar-refractivity contribution in [2.45, 2.75) is 70.8 Å². The summed E-state index contributed by atoms with van der Waals surface area (Å²) in [5.74, 6) is 0.135. The van der Waals surface area contributed by atoms with Gasteiger partial charge in [0.25, 0.3) is 0 Å². The number of halogens is 1. The summed E-state index contributed by atoms with van der Waals surface area (Å²) in [6.45, 7) is 12.3. The van der Waals surface area contributed by atoms with Gasteiger partial charge in [0.2, 0.25) is 0 Å². The second-order valence-electron chi connectivity index (χ2n) is 12.8. The fourth-order valence-electron chi connectivity index (χ4n) is 5.05. The van der Waals surface area contributed by atoms with Crippen LogP contribution in [-0.4, -0.2) is 53.0 Å². The maximum Gasteiger partial charge on any atom is 0.191 e. The van der Waals surface area contributed by atoms with E-state index >= 15 is 0 Å². The van der Waals surface area contributed by atoms with E-state index in [0.717, 1.165) is 57.8 Å². The van der Waals surface area contributed by atoms with Crippen LogP contribution in [-0.2, 0) is 25.3 Å². The smallest absolute Gasteiger partial charge is 0.191 e. The van der Waals surface area contributed by atoms with Crippen LogP contribution in [0.1, 0.15) is 52.0 Å². The van der Waals surface area contributed by atoms with Crippen LogP contribution in [0.2, 0.25) is 18.1 Å². The molecule has 2 aromatic carbocycles. The first-order valence-corrected chi connectivity index (χ1v) is 19.5. The Hall–Kier alpha value is -2.66. The molecule has 1 aliphatic rings. The summed E-state index contributed by atoms with van der Waals surface area (Å²) < 4.78 is 46.1. The van der Waals surface area contributed by atoms with Crippen LogP contribution >= 0.6 is 0 Å². The van der Waals surface area contributed by atoms with Crippen LogP contribution in [0, 0.1) is 5.82 Å². The molecule has 7 nitrogen and oxygen atoms in total. The monoisotopic (exact) mass is 596 g/mol. The van der Waals surface area contributed by atoms with Crippen LogP contribution in [0.4, 0.5) is 10.2 Å². The van der Waals surface area contributed by atoms with Crippen molar-refractivity contribution in [1.82, 2.24) is 14.8 Å². The number of pyridine rings is 1. The van der Waals surface area contributed by atoms with Gasteiger partial charge < -0.3 is 9.16 Å². The molecule has 0 radical (unpaired) electrons. The third-order valence-electron chi connectivity index (χ3n) is 8.25. The third kappa shape index (κ3) is 6.40. The average molecular weight is 597 g/mol. The normalized spacial score (nSPS) is 16.9. The lowest BCUT2D eigenvalue weighted by Gasteiger charge is -2.36. The summed E-state index contributed by atoms with van der Waals surface area (Å²) in [5.41, 5.74) is 3.46. The van der Waals surface area contributed by atoms with Crippen molar-refractivity contribution in [2.75, 3.05) is 25.7 Å². The van der Waals surface area contributed by atoms with Crippen LogP contribution in [0.15, 0.2) is 47.0 Å². The van der Waals surface area contributed by atoms with Gasteiger partial charge in [0, 0.05) is 58.2 Å². The van der Waals surface area contributed by atoms with Gasteiger partial charge in [0.05, 0.1) is 17.4 Å². The molecule has 5 rings (SSSR count). The van der Waals surface area contributed by atoms with Crippen LogP contribution < -0.4 is 0 Å². The average Bonchev–Trinajstić information content (AvgIpc) is 3.30. The maximum absolute atomic E-state index is 14.0. The van der Waals surface area contributed by atoms with Crippen LogP contribution in [0.25, 0.3) is 32.8 Å². The molecule has 220 valence electrons. The molecule has 10 heteroatoms. The molecule has 41 heavy (non-hydrogen) atoms. The third-order valence-corrected chi connectivity index (χ3v) is 13.4. The minimum Gasteiger partial charge on any atom is -0.416 e. The Morgan fingerprint density at radius 1 is 1.15 bits per heavy atom. The minimum atomic E-state index is -2.51. The van der Waals surface area contributed by atoms with Gasteiger partial charge in [0.15, 0.2) is 20.4 Å². The highest BCUT2D eigenvalue weighted by Crippen LogP contribution is 2.41. The maximum atomic E-state index is 14.0. The van der Waals surface area contributed by atoms with Crippen LogP contribution in [0.5, 0.6) is 0 Å². The highest BCUT2D eigenvalue weighted by molar-refractivity contribution is 7.92. The predicted molar refractivity (Wildman–Crippen MR) is 168 cm³/mol. The number of fused-ring (bicyclic) bond motifs is 2. The standard InChI is InChI=1S/C31H41FN4O3SSi/c1-31(2,3)41(6,7)39-17-15-26-29(21-11-13-23(32)14-12-21)24-18-22-20-33-36(28-10-8-9-16-38-28)27(22)19-25(24)30(34-26)35-40(4,5)37/h11-14,18-20,28H,8-10,15-17H2,1-7H3. The fourth-order valence-corrected chi connectivity index (χ4v) is 6.65. The number of nitrogens with zero attached hydrogens (tertiary/aromatic N) is 4. The molecule has 1 saturated heterocycles. The summed E-state index contributed by atoms with van der Waals surface area (Å²) in [7, 11) is -4.50. The second kappa shape index (κ2) is 11.2. The number of aromatic nitrogens is 3. The lowest BCUT2D eigenvalue weighted by molar-refractivity contribution is -0.0366. The van der Waals surface area contributed by atoms with Gasteiger partial charge in [-0.25, -0.2) is 18.3 Å². The molecule has 1 fully saturated rings. The number of rotatable bonds is 7. The molecule has 0 N–H and O–H groups in total. The molecule has 1 unspecified atom stereocenters. The molecule has 0 aliphatic carbocycles. The van der Waals surface area contributed by atoms with E-state index in [9.17, 15) is 8.60 Å². The Bertz CT molecular complexity index is 1690. The number of ether oxygens (including phenoxy) is 1. The van der Waals surface area contributed by atoms with Gasteiger partial charge in [-0.3, -0.25) is 0 Å². The summed E-state index contributed by atoms with van der Waals surface area (Å²) in [6.07, 6.45) is 8.55. The Morgan fingerprint density at radius 3 is 2.51 bits per heavy atom. The Balaban J connectivity index is 1.73. The first-order valence-electron chi connectivity index (χ1n) is 14.3. The van der Waals surface area contributed by atoms with E-state index in [1.165, 1.54) is 12.1 Å². The van der Waals surface area contributed by atoms with Crippen molar-refractivity contribution >= 4 is 45.5 Å². The van der Waals surface area contributed by atoms with E-state index < -0.39 is 18.0 Å². The Morgan fingerprint density at radius 2 is 1.88 bits per heavy atom. The lowest BCUT2D eigenvalue weighted by Crippen LogP contribution is -2.41. The van der Waals surface area contributed by atoms with Gasteiger partial charge in [-0.05, 0) is 72.6 Å². The number of benzene rings is 2. The summed E-state index contributed by atoms with van der Waals surface area (Å²) in [4.78, 5) is 5.04. The zero-order valence-corrected chi connectivity index (χ0v) is 27.0. The van der Waals surface area contributed by atoms with Crippen LogP contribution in [0.3, 0.4) is 0 Å². The minimum absolute atomic E-state index is 0.0772. The van der Waals surface area contributed by atoms with Crippen molar-refractivity contribution in [3.05, 3.63) is 54.1 Å². The van der Waals surface area contributed by atoms with E-state index in [-0.39, 0.29) is 17.1 Å². The molecular formula is C31H41FN4O3SSi. The van der Waals surface area contributed by atoms with Crippen molar-refractivity contribution in [3.63, 3.8) is 0 Å². The summed E-state index contributed by atoms with van der Waals surface area (Å²) in [6, 6.07) is 10.6. The van der Waals surface area contributed by atoms with E-state index in [2.05, 4.69) is 44.3 Å². The fraction of sp³-hybridized carbons (Fsp3) is 0.484. The molecule has 4 aromatic rings. The lowest BCUT2D eigenvalue weighted by atomic mass is 9.94. The van der Waals surface area contributed by atoms with E-state index in [1.807, 2.05) is 16.9 Å². The van der Waals surface area contributed by atoms with Gasteiger partial charge in [-0.15, -0.1) is 0 Å². The highest BCUT2D eigenvalue weighted by atomic mass is 32.2. The van der Waals surface area contributed by atoms with Crippen molar-refractivity contribution in [2.24, 2.45) is 4.36 Å². The molecule has 1 atom stereocenters. The molecular weight excluding hydrogens is 556 g/mol. The number of hydrogen-bond acceptors (Lipinski definition) is 6. The van der Waals surface area contributed by atoms with E-state index in [1.54, 1.807) is 24.6 Å². The molecule has 2 aromatic heterocycles.